The molecule has 6 rings (SSSR count). The largest absolute Gasteiger partial charge is 0.477 e. The van der Waals surface area contributed by atoms with E-state index in [1.54, 1.807) is 45.2 Å². The zero-order chi connectivity index (χ0) is 50.3. The van der Waals surface area contributed by atoms with Gasteiger partial charge in [0.05, 0.1) is 17.1 Å². The number of nitrogens with one attached hydrogen (secondary N) is 8. The highest BCUT2D eigenvalue weighted by Gasteiger charge is 2.24. The summed E-state index contributed by atoms with van der Waals surface area (Å²) in [6.07, 6.45) is 10.2. The molecule has 0 aliphatic rings. The van der Waals surface area contributed by atoms with E-state index in [1.807, 2.05) is 0 Å². The normalized spacial score (nSPS) is 11.3. The molecular formula is C42H49N17O10. The maximum atomic E-state index is 13.3. The molecule has 0 aliphatic carbocycles. The van der Waals surface area contributed by atoms with Crippen LogP contribution in [0.25, 0.3) is 0 Å². The predicted molar refractivity (Wildman–Crippen MR) is 245 cm³/mol. The van der Waals surface area contributed by atoms with Crippen molar-refractivity contribution in [1.29, 1.82) is 0 Å². The van der Waals surface area contributed by atoms with Gasteiger partial charge in [0.1, 0.15) is 23.1 Å². The Bertz CT molecular complexity index is 3000. The van der Waals surface area contributed by atoms with Crippen molar-refractivity contribution in [2.24, 2.45) is 42.3 Å². The fourth-order valence-electron chi connectivity index (χ4n) is 6.92. The number of anilines is 5. The number of hydrogen-bond donors (Lipinski definition) is 9. The summed E-state index contributed by atoms with van der Waals surface area (Å²) in [4.78, 5) is 127. The maximum absolute atomic E-state index is 13.3. The highest BCUT2D eigenvalue weighted by molar-refractivity contribution is 6.05. The van der Waals surface area contributed by atoms with Crippen LogP contribution in [0.1, 0.15) is 83.1 Å². The molecule has 6 aromatic rings. The van der Waals surface area contributed by atoms with E-state index >= 15 is 0 Å². The molecule has 6 heterocycles. The zero-order valence-electron chi connectivity index (χ0n) is 38.3. The van der Waals surface area contributed by atoms with E-state index in [0.29, 0.717) is 5.69 Å². The molecule has 27 nitrogen and oxygen atoms in total. The van der Waals surface area contributed by atoms with Crippen molar-refractivity contribution in [2.45, 2.75) is 25.8 Å². The first kappa shape index (κ1) is 49.1. The SMILES string of the molecule is CC(=O)N[C@H](CCNC(=O)c1cc(NC(=O)c2nc(NC(=O)CCNC(=O)c3cc(NC(=O)c4nccn4C)cn3C)cn2C)cn1C)C(=O)Nc1cn(C)c(C(=O)Nc2cc(C(=O)O)n(C)c2)n1. The summed E-state index contributed by atoms with van der Waals surface area (Å²) in [6.45, 7) is 1.10. The number of aromatic carboxylic acids is 1. The van der Waals surface area contributed by atoms with Gasteiger partial charge >= 0.3 is 5.97 Å². The molecule has 0 aliphatic heterocycles. The van der Waals surface area contributed by atoms with Crippen LogP contribution in [-0.2, 0) is 56.7 Å². The Morgan fingerprint density at radius 2 is 1.01 bits per heavy atom. The Morgan fingerprint density at radius 3 is 1.48 bits per heavy atom. The van der Waals surface area contributed by atoms with Crippen molar-refractivity contribution >= 4 is 81.9 Å². The minimum absolute atomic E-state index is 0.0128. The Morgan fingerprint density at radius 1 is 0.551 bits per heavy atom. The Balaban J connectivity index is 0.956. The van der Waals surface area contributed by atoms with E-state index in [0.717, 1.165) is 0 Å². The molecule has 69 heavy (non-hydrogen) atoms. The van der Waals surface area contributed by atoms with Crippen molar-refractivity contribution < 1.29 is 48.3 Å². The van der Waals surface area contributed by atoms with Crippen LogP contribution in [0.15, 0.2) is 61.6 Å². The number of carboxylic acid groups (broad SMARTS) is 1. The van der Waals surface area contributed by atoms with Crippen LogP contribution in [0, 0.1) is 0 Å². The van der Waals surface area contributed by atoms with E-state index in [1.165, 1.54) is 93.0 Å². The van der Waals surface area contributed by atoms with E-state index in [-0.39, 0.29) is 83.5 Å². The molecule has 1 atom stereocenters. The molecule has 0 radical (unpaired) electrons. The fourth-order valence-corrected chi connectivity index (χ4v) is 6.92. The molecule has 362 valence electrons. The molecule has 8 amide bonds. The molecule has 9 N–H and O–H groups in total. The molecule has 0 unspecified atom stereocenters. The Hall–Kier alpha value is -9.30. The van der Waals surface area contributed by atoms with Crippen molar-refractivity contribution in [3.63, 3.8) is 0 Å². The lowest BCUT2D eigenvalue weighted by Crippen LogP contribution is -2.45. The third-order valence-corrected chi connectivity index (χ3v) is 10.2. The van der Waals surface area contributed by atoms with E-state index in [4.69, 9.17) is 0 Å². The quantitative estimate of drug-likeness (QED) is 0.0531. The molecule has 6 aromatic heterocycles. The van der Waals surface area contributed by atoms with Crippen LogP contribution in [0.5, 0.6) is 0 Å². The second-order valence-corrected chi connectivity index (χ2v) is 15.7. The molecule has 0 aromatic carbocycles. The monoisotopic (exact) mass is 951 g/mol. The summed E-state index contributed by atoms with van der Waals surface area (Å²) in [7, 11) is 9.45. The number of rotatable bonds is 19. The minimum atomic E-state index is -1.18. The lowest BCUT2D eigenvalue weighted by Gasteiger charge is -2.17. The number of hydrogen-bond acceptors (Lipinski definition) is 12. The van der Waals surface area contributed by atoms with Gasteiger partial charge < -0.3 is 75.0 Å². The summed E-state index contributed by atoms with van der Waals surface area (Å²) in [5.41, 5.74) is 1.16. The number of carbonyl (C=O) groups is 9. The second-order valence-electron chi connectivity index (χ2n) is 15.7. The number of amides is 8. The van der Waals surface area contributed by atoms with E-state index < -0.39 is 59.3 Å². The van der Waals surface area contributed by atoms with Crippen LogP contribution < -0.4 is 42.5 Å². The number of nitrogens with zero attached hydrogens (tertiary/aromatic N) is 9. The summed E-state index contributed by atoms with van der Waals surface area (Å²) < 4.78 is 8.60. The highest BCUT2D eigenvalue weighted by Crippen LogP contribution is 2.18. The first-order valence-electron chi connectivity index (χ1n) is 20.8. The van der Waals surface area contributed by atoms with E-state index in [9.17, 15) is 48.3 Å². The summed E-state index contributed by atoms with van der Waals surface area (Å²) in [5, 5.41) is 30.2. The molecule has 0 spiro atoms. The van der Waals surface area contributed by atoms with Gasteiger partial charge in [-0.3, -0.25) is 38.4 Å². The lowest BCUT2D eigenvalue weighted by molar-refractivity contribution is -0.125. The van der Waals surface area contributed by atoms with Gasteiger partial charge in [-0.05, 0) is 24.6 Å². The molecule has 0 bridgehead atoms. The summed E-state index contributed by atoms with van der Waals surface area (Å²) in [5.74, 6) is -5.63. The standard InChI is InChI=1S/C42H49N17O10/c1-22(60)46-26(36(62)53-31-21-59(7)35(52-31)41(67)49-25-16-29(42(68)69)57(5)19-25)8-10-44-37(63)27-15-24(18-56(27)4)48-40(66)34-51-30(20-58(34)6)50-32(61)9-11-45-38(64)28-14-23(17-55(28)3)47-39(65)33-43-12-13-54(33)2/h12-21,26H,8-11H2,1-7H3,(H,44,63)(H,45,64)(H,46,60)(H,47,65)(H,48,66)(H,49,67)(H,50,61)(H,53,62)(H,68,69)/t26-/m1/s1. The average Bonchev–Trinajstić information content (AvgIpc) is 4.14. The van der Waals surface area contributed by atoms with Crippen molar-refractivity contribution in [3.8, 4) is 0 Å². The number of imidazole rings is 3. The highest BCUT2D eigenvalue weighted by atomic mass is 16.4. The third kappa shape index (κ3) is 12.1. The summed E-state index contributed by atoms with van der Waals surface area (Å²) >= 11 is 0. The lowest BCUT2D eigenvalue weighted by atomic mass is 10.2. The van der Waals surface area contributed by atoms with Gasteiger partial charge in [0, 0.05) is 112 Å². The number of carboxylic acids is 1. The predicted octanol–water partition coefficient (Wildman–Crippen LogP) is 0.380. The van der Waals surface area contributed by atoms with Gasteiger partial charge in [0.2, 0.25) is 29.4 Å². The van der Waals surface area contributed by atoms with Gasteiger partial charge in [-0.25, -0.2) is 19.7 Å². The molecule has 0 fully saturated rings. The van der Waals surface area contributed by atoms with Crippen LogP contribution in [0.3, 0.4) is 0 Å². The van der Waals surface area contributed by atoms with Gasteiger partial charge in [-0.1, -0.05) is 0 Å². The Labute approximate surface area is 391 Å². The van der Waals surface area contributed by atoms with Crippen molar-refractivity contribution in [1.82, 2.24) is 58.3 Å². The maximum Gasteiger partial charge on any atom is 0.352 e. The Kier molecular flexibility index (Phi) is 14.9. The van der Waals surface area contributed by atoms with Crippen LogP contribution in [0.4, 0.5) is 28.7 Å². The summed E-state index contributed by atoms with van der Waals surface area (Å²) in [6, 6.07) is 3.05. The third-order valence-electron chi connectivity index (χ3n) is 10.2. The van der Waals surface area contributed by atoms with Crippen molar-refractivity contribution in [2.75, 3.05) is 39.7 Å². The fraction of sp³-hybridized carbons (Fsp3) is 0.286. The van der Waals surface area contributed by atoms with Gasteiger partial charge in [0.15, 0.2) is 17.5 Å². The van der Waals surface area contributed by atoms with Crippen LogP contribution in [-0.4, -0.2) is 120 Å². The molecule has 0 saturated carbocycles. The van der Waals surface area contributed by atoms with Gasteiger partial charge in [-0.15, -0.1) is 0 Å². The topological polar surface area (TPSA) is 338 Å². The number of aromatic nitrogens is 9. The average molecular weight is 952 g/mol. The minimum Gasteiger partial charge on any atom is -0.477 e. The van der Waals surface area contributed by atoms with Crippen molar-refractivity contribution in [3.05, 3.63) is 96.1 Å². The second kappa shape index (κ2) is 20.9. The van der Waals surface area contributed by atoms with Gasteiger partial charge in [0.25, 0.3) is 29.5 Å². The molecular weight excluding hydrogens is 903 g/mol. The molecule has 27 heteroatoms. The zero-order valence-corrected chi connectivity index (χ0v) is 38.3. The first-order valence-corrected chi connectivity index (χ1v) is 20.8. The first-order chi connectivity index (χ1) is 32.7. The van der Waals surface area contributed by atoms with Crippen LogP contribution >= 0.6 is 0 Å². The van der Waals surface area contributed by atoms with Gasteiger partial charge in [-0.2, -0.15) is 0 Å². The van der Waals surface area contributed by atoms with Crippen LogP contribution in [0.2, 0.25) is 0 Å². The molecule has 0 saturated heterocycles. The smallest absolute Gasteiger partial charge is 0.352 e. The van der Waals surface area contributed by atoms with E-state index in [2.05, 4.69) is 57.5 Å². The number of aryl methyl sites for hydroxylation is 6. The number of carbonyl (C=O) groups excluding carboxylic acids is 8.